The first-order valence-corrected chi connectivity index (χ1v) is 10.8. The summed E-state index contributed by atoms with van der Waals surface area (Å²) in [7, 11) is 0. The van der Waals surface area contributed by atoms with Crippen LogP contribution in [0.25, 0.3) is 26.6 Å². The molecule has 5 aromatic rings. The highest BCUT2D eigenvalue weighted by Gasteiger charge is 2.17. The van der Waals surface area contributed by atoms with E-state index in [0.717, 1.165) is 26.4 Å². The molecule has 0 unspecified atom stereocenters. The van der Waals surface area contributed by atoms with Crippen molar-refractivity contribution in [2.24, 2.45) is 4.99 Å². The molecule has 5 nitrogen and oxygen atoms in total. The molecule has 0 aliphatic heterocycles. The van der Waals surface area contributed by atoms with Crippen LogP contribution >= 0.6 is 22.7 Å². The summed E-state index contributed by atoms with van der Waals surface area (Å²) < 4.78 is 2.55. The van der Waals surface area contributed by atoms with Crippen molar-refractivity contribution >= 4 is 39.1 Å². The van der Waals surface area contributed by atoms with Crippen molar-refractivity contribution < 1.29 is 0 Å². The van der Waals surface area contributed by atoms with Gasteiger partial charge in [0.15, 0.2) is 0 Å². The quantitative estimate of drug-likeness (QED) is 0.404. The summed E-state index contributed by atoms with van der Waals surface area (Å²) >= 11 is 3.14. The fourth-order valence-corrected chi connectivity index (χ4v) is 4.68. The second kappa shape index (κ2) is 7.62. The van der Waals surface area contributed by atoms with Gasteiger partial charge in [-0.2, -0.15) is 4.68 Å². The molecule has 1 N–H and O–H groups in total. The van der Waals surface area contributed by atoms with Gasteiger partial charge in [-0.1, -0.05) is 59.9 Å². The number of H-pyrrole nitrogens is 1. The fraction of sp³-hybridized carbons (Fsp3) is 0.0455. The largest absolute Gasteiger partial charge is 0.288 e. The molecule has 3 heterocycles. The molecule has 0 atom stereocenters. The predicted octanol–water partition coefficient (Wildman–Crippen LogP) is 5.12. The summed E-state index contributed by atoms with van der Waals surface area (Å²) in [5.41, 5.74) is 2.93. The molecule has 5 rings (SSSR count). The van der Waals surface area contributed by atoms with Gasteiger partial charge in [0, 0.05) is 16.7 Å². The van der Waals surface area contributed by atoms with Gasteiger partial charge < -0.3 is 0 Å². The highest BCUT2D eigenvalue weighted by Crippen LogP contribution is 2.25. The van der Waals surface area contributed by atoms with Crippen LogP contribution in [0.15, 0.2) is 81.9 Å². The van der Waals surface area contributed by atoms with Crippen molar-refractivity contribution in [3.8, 4) is 16.4 Å². The zero-order valence-corrected chi connectivity index (χ0v) is 16.9. The van der Waals surface area contributed by atoms with Gasteiger partial charge in [0.25, 0.3) is 5.56 Å². The summed E-state index contributed by atoms with van der Waals surface area (Å²) in [5.74, 6) is 0. The summed E-state index contributed by atoms with van der Waals surface area (Å²) in [6, 6.07) is 21.7. The van der Waals surface area contributed by atoms with Crippen molar-refractivity contribution in [1.82, 2.24) is 14.8 Å². The van der Waals surface area contributed by atoms with E-state index >= 15 is 0 Å². The Balaban J connectivity index is 1.62. The number of aliphatic imine (C=N–C) groups is 1. The lowest BCUT2D eigenvalue weighted by atomic mass is 10.1. The number of benzene rings is 2. The molecular weight excluding hydrogens is 400 g/mol. The SMILES string of the molecule is O=c1c(/C=N\Cc2cccs2)c(-c2ccccc2)[nH]n1-c1nc2ccccc2s1. The molecule has 0 saturated carbocycles. The normalized spacial score (nSPS) is 11.6. The standard InChI is InChI=1S/C22H16N4OS2/c27-21-17(14-23-13-16-9-6-12-28-16)20(15-7-2-1-3-8-15)25-26(21)22-24-18-10-4-5-11-19(18)29-22/h1-12,14,25H,13H2/b23-14-. The summed E-state index contributed by atoms with van der Waals surface area (Å²) in [4.78, 5) is 23.5. The minimum Gasteiger partial charge on any atom is -0.288 e. The van der Waals surface area contributed by atoms with Crippen LogP contribution in [0.2, 0.25) is 0 Å². The average Bonchev–Trinajstić information content (AvgIpc) is 3.48. The molecule has 0 amide bonds. The van der Waals surface area contributed by atoms with Crippen molar-refractivity contribution in [3.05, 3.63) is 92.9 Å². The molecule has 2 aromatic carbocycles. The topological polar surface area (TPSA) is 63.0 Å². The maximum Gasteiger partial charge on any atom is 0.282 e. The van der Waals surface area contributed by atoms with E-state index in [4.69, 9.17) is 0 Å². The molecule has 0 aliphatic carbocycles. The Bertz CT molecular complexity index is 1310. The number of nitrogens with zero attached hydrogens (tertiary/aromatic N) is 3. The minimum atomic E-state index is -0.155. The number of aromatic amines is 1. The third kappa shape index (κ3) is 3.46. The van der Waals surface area contributed by atoms with Crippen molar-refractivity contribution in [1.29, 1.82) is 0 Å². The number of para-hydroxylation sites is 1. The Morgan fingerprint density at radius 2 is 1.86 bits per heavy atom. The number of thiazole rings is 1. The van der Waals surface area contributed by atoms with Gasteiger partial charge in [-0.3, -0.25) is 14.9 Å². The summed E-state index contributed by atoms with van der Waals surface area (Å²) in [6.45, 7) is 0.553. The molecule has 29 heavy (non-hydrogen) atoms. The highest BCUT2D eigenvalue weighted by atomic mass is 32.1. The van der Waals surface area contributed by atoms with Gasteiger partial charge >= 0.3 is 0 Å². The second-order valence-electron chi connectivity index (χ2n) is 6.42. The highest BCUT2D eigenvalue weighted by molar-refractivity contribution is 7.20. The maximum atomic E-state index is 13.2. The van der Waals surface area contributed by atoms with Gasteiger partial charge in [0.05, 0.1) is 28.0 Å². The Kier molecular flexibility index (Phi) is 4.67. The lowest BCUT2D eigenvalue weighted by Gasteiger charge is -1.99. The van der Waals surface area contributed by atoms with Crippen LogP contribution in [0, 0.1) is 0 Å². The van der Waals surface area contributed by atoms with E-state index in [1.165, 1.54) is 16.0 Å². The van der Waals surface area contributed by atoms with Gasteiger partial charge in [-0.15, -0.1) is 11.3 Å². The van der Waals surface area contributed by atoms with Crippen LogP contribution in [0.5, 0.6) is 0 Å². The summed E-state index contributed by atoms with van der Waals surface area (Å²) in [6.07, 6.45) is 1.67. The van der Waals surface area contributed by atoms with Crippen molar-refractivity contribution in [2.75, 3.05) is 0 Å². The molecule has 3 aromatic heterocycles. The fourth-order valence-electron chi connectivity index (χ4n) is 3.11. The number of rotatable bonds is 5. The smallest absolute Gasteiger partial charge is 0.282 e. The molecule has 0 radical (unpaired) electrons. The number of thiophene rings is 1. The number of nitrogens with one attached hydrogen (secondary N) is 1. The van der Waals surface area contributed by atoms with E-state index < -0.39 is 0 Å². The van der Waals surface area contributed by atoms with E-state index in [0.29, 0.717) is 17.2 Å². The Hall–Kier alpha value is -3.29. The summed E-state index contributed by atoms with van der Waals surface area (Å²) in [5, 5.41) is 5.89. The minimum absolute atomic E-state index is 0.155. The molecule has 7 heteroatoms. The molecule has 0 fully saturated rings. The van der Waals surface area contributed by atoms with E-state index in [1.54, 1.807) is 17.6 Å². The maximum absolute atomic E-state index is 13.2. The van der Waals surface area contributed by atoms with E-state index in [-0.39, 0.29) is 5.56 Å². The molecule has 0 bridgehead atoms. The Morgan fingerprint density at radius 1 is 1.03 bits per heavy atom. The molecule has 142 valence electrons. The van der Waals surface area contributed by atoms with Crippen molar-refractivity contribution in [3.63, 3.8) is 0 Å². The lowest BCUT2D eigenvalue weighted by molar-refractivity contribution is 0.845. The second-order valence-corrected chi connectivity index (χ2v) is 8.46. The average molecular weight is 417 g/mol. The van der Waals surface area contributed by atoms with Crippen LogP contribution in [0.3, 0.4) is 0 Å². The predicted molar refractivity (Wildman–Crippen MR) is 121 cm³/mol. The van der Waals surface area contributed by atoms with Crippen LogP contribution in [0.1, 0.15) is 10.4 Å². The van der Waals surface area contributed by atoms with Gasteiger partial charge in [0.1, 0.15) is 0 Å². The van der Waals surface area contributed by atoms with Crippen molar-refractivity contribution in [2.45, 2.75) is 6.54 Å². The molecular formula is C22H16N4OS2. The van der Waals surface area contributed by atoms with Gasteiger partial charge in [-0.25, -0.2) is 4.98 Å². The Morgan fingerprint density at radius 3 is 2.66 bits per heavy atom. The van der Waals surface area contributed by atoms with E-state index in [9.17, 15) is 4.79 Å². The molecule has 0 aliphatic rings. The molecule has 0 saturated heterocycles. The zero-order valence-electron chi connectivity index (χ0n) is 15.3. The number of aromatic nitrogens is 3. The van der Waals surface area contributed by atoms with Crippen LogP contribution in [0.4, 0.5) is 0 Å². The first-order chi connectivity index (χ1) is 14.3. The lowest BCUT2D eigenvalue weighted by Crippen LogP contribution is -2.17. The number of hydrogen-bond acceptors (Lipinski definition) is 5. The van der Waals surface area contributed by atoms with E-state index in [2.05, 4.69) is 15.1 Å². The number of fused-ring (bicyclic) bond motifs is 1. The third-order valence-electron chi connectivity index (χ3n) is 4.51. The molecule has 0 spiro atoms. The number of hydrogen-bond donors (Lipinski definition) is 1. The first kappa shape index (κ1) is 17.8. The zero-order chi connectivity index (χ0) is 19.6. The third-order valence-corrected chi connectivity index (χ3v) is 6.39. The van der Waals surface area contributed by atoms with Gasteiger partial charge in [-0.05, 0) is 23.6 Å². The monoisotopic (exact) mass is 416 g/mol. The van der Waals surface area contributed by atoms with Crippen LogP contribution in [-0.2, 0) is 6.54 Å². The van der Waals surface area contributed by atoms with E-state index in [1.807, 2.05) is 72.1 Å². The Labute approximate surface area is 174 Å². The van der Waals surface area contributed by atoms with Gasteiger partial charge in [0.2, 0.25) is 5.13 Å². The first-order valence-electron chi connectivity index (χ1n) is 9.08. The van der Waals surface area contributed by atoms with Crippen LogP contribution < -0.4 is 5.56 Å². The van der Waals surface area contributed by atoms with Crippen LogP contribution in [-0.4, -0.2) is 21.0 Å².